The van der Waals surface area contributed by atoms with E-state index in [9.17, 15) is 10.2 Å². The molecule has 7 aromatic carbocycles. The van der Waals surface area contributed by atoms with Gasteiger partial charge in [-0.1, -0.05) is 122 Å². The van der Waals surface area contributed by atoms with Crippen LogP contribution in [0.15, 0.2) is 169 Å². The summed E-state index contributed by atoms with van der Waals surface area (Å²) in [6.07, 6.45) is 21.1. The Labute approximate surface area is 440 Å². The fourth-order valence-electron chi connectivity index (χ4n) is 12.8. The maximum Gasteiger partial charge on any atom is 0.131 e. The minimum atomic E-state index is -0.450. The molecule has 7 aromatic rings. The monoisotopic (exact) mass is 977 g/mol. The number of aromatic hydroxyl groups is 2. The van der Waals surface area contributed by atoms with Crippen molar-refractivity contribution in [3.8, 4) is 56.4 Å². The second kappa shape index (κ2) is 22.2. The van der Waals surface area contributed by atoms with Gasteiger partial charge < -0.3 is 19.7 Å². The van der Waals surface area contributed by atoms with Gasteiger partial charge in [-0.3, -0.25) is 0 Å². The maximum absolute atomic E-state index is 12.7. The third-order valence-corrected chi connectivity index (χ3v) is 16.4. The van der Waals surface area contributed by atoms with Gasteiger partial charge in [0.25, 0.3) is 0 Å². The van der Waals surface area contributed by atoms with Crippen molar-refractivity contribution in [3.05, 3.63) is 219 Å². The van der Waals surface area contributed by atoms with E-state index in [0.717, 1.165) is 131 Å². The maximum atomic E-state index is 12.7. The van der Waals surface area contributed by atoms with Crippen LogP contribution >= 0.6 is 0 Å². The number of benzene rings is 7. The highest BCUT2D eigenvalue weighted by Crippen LogP contribution is 2.51. The quantitative estimate of drug-likeness (QED) is 0.128. The SMILES string of the molecule is C=C1CCCCC/C=C2/CCCC/C2=C/1c1cc(C)cc(-c2ccccc2O[C@@H](CC(Oc2ccccc2-c2cc(C)cc(-c3c4c(cc5c3CCCC5)CCCC4)c2O)c2ccccc2)c2ccccc2)c1O. The zero-order chi connectivity index (χ0) is 50.5. The highest BCUT2D eigenvalue weighted by atomic mass is 16.5. The number of hydrogen-bond donors (Lipinski definition) is 2. The Morgan fingerprint density at radius 3 is 1.53 bits per heavy atom. The number of phenolic OH excluding ortho intramolecular Hbond substituents is 2. The molecule has 0 saturated heterocycles. The predicted octanol–water partition coefficient (Wildman–Crippen LogP) is 18.6. The molecule has 2 atom stereocenters. The van der Waals surface area contributed by atoms with Gasteiger partial charge in [0.05, 0.1) is 0 Å². The standard InChI is InChI=1S/C70H72O4/c1-46-40-59(69(71)61(42-46)67-48(3)24-8-4-5-9-25-49-26-14-17-33-54(49)67)57-36-20-22-38-63(57)73-65(50-27-10-6-11-28-50)45-66(51-29-12-7-13-30-51)74-64-39-23-21-37-58(64)60-41-47(2)43-62(70(60)72)68-55-34-18-15-31-52(55)44-53-32-16-19-35-56(53)68/h6-7,10-13,20-23,25,27-30,36-44,65-66,71-72H,3-5,8-9,14-19,24,26,31-35,45H2,1-2H3/b49-25-,67-54+/t65-,66?/m0/s1. The zero-order valence-electron chi connectivity index (χ0n) is 43.7. The van der Waals surface area contributed by atoms with E-state index in [-0.39, 0.29) is 5.75 Å². The summed E-state index contributed by atoms with van der Waals surface area (Å²) in [7, 11) is 0. The lowest BCUT2D eigenvalue weighted by Crippen LogP contribution is -2.17. The molecule has 4 aliphatic carbocycles. The van der Waals surface area contributed by atoms with Crippen molar-refractivity contribution in [1.29, 1.82) is 0 Å². The van der Waals surface area contributed by atoms with Crippen LogP contribution in [-0.4, -0.2) is 10.2 Å². The first-order valence-electron chi connectivity index (χ1n) is 27.9. The van der Waals surface area contributed by atoms with Gasteiger partial charge in [0, 0.05) is 39.8 Å². The molecule has 0 aromatic heterocycles. The number of fused-ring (bicyclic) bond motifs is 3. The topological polar surface area (TPSA) is 58.9 Å². The average molecular weight is 977 g/mol. The molecule has 0 spiro atoms. The molecule has 376 valence electrons. The summed E-state index contributed by atoms with van der Waals surface area (Å²) in [4.78, 5) is 0. The summed E-state index contributed by atoms with van der Waals surface area (Å²) >= 11 is 0. The summed E-state index contributed by atoms with van der Waals surface area (Å²) in [5, 5.41) is 25.4. The van der Waals surface area contributed by atoms with E-state index >= 15 is 0 Å². The summed E-state index contributed by atoms with van der Waals surface area (Å²) < 4.78 is 14.7. The van der Waals surface area contributed by atoms with Crippen LogP contribution < -0.4 is 9.47 Å². The first kappa shape index (κ1) is 49.2. The lowest BCUT2D eigenvalue weighted by Gasteiger charge is -2.29. The molecule has 11 rings (SSSR count). The zero-order valence-corrected chi connectivity index (χ0v) is 43.7. The Balaban J connectivity index is 0.977. The third-order valence-electron chi connectivity index (χ3n) is 16.4. The van der Waals surface area contributed by atoms with E-state index in [2.05, 4.69) is 111 Å². The smallest absolute Gasteiger partial charge is 0.131 e. The summed E-state index contributed by atoms with van der Waals surface area (Å²) in [6, 6.07) is 48.4. The summed E-state index contributed by atoms with van der Waals surface area (Å²) in [5.74, 6) is 1.97. The molecular formula is C70H72O4. The van der Waals surface area contributed by atoms with Gasteiger partial charge in [-0.15, -0.1) is 0 Å². The van der Waals surface area contributed by atoms with Crippen molar-refractivity contribution in [3.63, 3.8) is 0 Å². The highest BCUT2D eigenvalue weighted by Gasteiger charge is 2.30. The van der Waals surface area contributed by atoms with Crippen molar-refractivity contribution >= 4 is 5.57 Å². The molecule has 1 unspecified atom stereocenters. The molecular weight excluding hydrogens is 905 g/mol. The highest BCUT2D eigenvalue weighted by molar-refractivity contribution is 5.92. The Hall–Kier alpha value is -7.04. The normalized spacial score (nSPS) is 18.5. The predicted molar refractivity (Wildman–Crippen MR) is 305 cm³/mol. The van der Waals surface area contributed by atoms with Crippen LogP contribution in [0.1, 0.15) is 152 Å². The van der Waals surface area contributed by atoms with Crippen molar-refractivity contribution in [2.45, 2.75) is 142 Å². The lowest BCUT2D eigenvalue weighted by molar-refractivity contribution is 0.111. The van der Waals surface area contributed by atoms with Gasteiger partial charge in [-0.05, 0) is 225 Å². The molecule has 0 heterocycles. The molecule has 4 nitrogen and oxygen atoms in total. The first-order chi connectivity index (χ1) is 36.3. The van der Waals surface area contributed by atoms with Crippen molar-refractivity contribution in [2.75, 3.05) is 0 Å². The van der Waals surface area contributed by atoms with Crippen LogP contribution in [0.3, 0.4) is 0 Å². The summed E-state index contributed by atoms with van der Waals surface area (Å²) in [5.41, 5.74) is 21.4. The van der Waals surface area contributed by atoms with E-state index in [1.54, 1.807) is 0 Å². The van der Waals surface area contributed by atoms with Gasteiger partial charge >= 0.3 is 0 Å². The van der Waals surface area contributed by atoms with Crippen molar-refractivity contribution in [1.82, 2.24) is 0 Å². The number of rotatable bonds is 12. The molecule has 0 bridgehead atoms. The second-order valence-corrected chi connectivity index (χ2v) is 21.6. The van der Waals surface area contributed by atoms with E-state index in [1.165, 1.54) is 83.9 Å². The number of phenols is 2. The molecule has 0 aliphatic heterocycles. The number of para-hydroxylation sites is 2. The van der Waals surface area contributed by atoms with Gasteiger partial charge in [0.1, 0.15) is 35.2 Å². The van der Waals surface area contributed by atoms with Gasteiger partial charge in [0.15, 0.2) is 0 Å². The van der Waals surface area contributed by atoms with Crippen LogP contribution in [0.25, 0.3) is 39.0 Å². The lowest BCUT2D eigenvalue weighted by atomic mass is 9.76. The Morgan fingerprint density at radius 2 is 0.932 bits per heavy atom. The fraction of sp³-hybridized carbons (Fsp3) is 0.314. The first-order valence-corrected chi connectivity index (χ1v) is 27.9. The van der Waals surface area contributed by atoms with Crippen molar-refractivity contribution in [2.24, 2.45) is 0 Å². The van der Waals surface area contributed by atoms with E-state index < -0.39 is 12.2 Å². The van der Waals surface area contributed by atoms with Crippen molar-refractivity contribution < 1.29 is 19.7 Å². The van der Waals surface area contributed by atoms with Crippen LogP contribution in [0.2, 0.25) is 0 Å². The minimum Gasteiger partial charge on any atom is -0.507 e. The number of ether oxygens (including phenoxy) is 2. The van der Waals surface area contributed by atoms with E-state index in [1.807, 2.05) is 48.5 Å². The number of aryl methyl sites for hydroxylation is 4. The molecule has 1 fully saturated rings. The van der Waals surface area contributed by atoms with Gasteiger partial charge in [0.2, 0.25) is 0 Å². The molecule has 1 saturated carbocycles. The van der Waals surface area contributed by atoms with Crippen LogP contribution in [-0.2, 0) is 25.7 Å². The Morgan fingerprint density at radius 1 is 0.459 bits per heavy atom. The number of hydrogen-bond acceptors (Lipinski definition) is 4. The molecule has 4 aliphatic rings. The average Bonchev–Trinajstić information content (AvgIpc) is 3.43. The van der Waals surface area contributed by atoms with Crippen LogP contribution in [0, 0.1) is 13.8 Å². The summed E-state index contributed by atoms with van der Waals surface area (Å²) in [6.45, 7) is 9.00. The number of allylic oxidation sites excluding steroid dienone is 5. The molecule has 0 amide bonds. The fourth-order valence-corrected chi connectivity index (χ4v) is 12.8. The van der Waals surface area contributed by atoms with Crippen LogP contribution in [0.4, 0.5) is 0 Å². The molecule has 2 N–H and O–H groups in total. The largest absolute Gasteiger partial charge is 0.507 e. The second-order valence-electron chi connectivity index (χ2n) is 21.6. The van der Waals surface area contributed by atoms with Crippen LogP contribution in [0.5, 0.6) is 23.0 Å². The Kier molecular flexibility index (Phi) is 14.8. The molecule has 74 heavy (non-hydrogen) atoms. The van der Waals surface area contributed by atoms with E-state index in [0.29, 0.717) is 23.7 Å². The molecule has 0 radical (unpaired) electrons. The minimum absolute atomic E-state index is 0.269. The molecule has 4 heteroatoms. The third kappa shape index (κ3) is 10.3. The van der Waals surface area contributed by atoms with Gasteiger partial charge in [-0.25, -0.2) is 0 Å². The van der Waals surface area contributed by atoms with Gasteiger partial charge in [-0.2, -0.15) is 0 Å². The Bertz CT molecular complexity index is 3210. The van der Waals surface area contributed by atoms with E-state index in [4.69, 9.17) is 16.1 Å².